The van der Waals surface area contributed by atoms with Crippen LogP contribution in [0.4, 0.5) is 26.3 Å². The molecule has 10 nitrogen and oxygen atoms in total. The first-order valence-electron chi connectivity index (χ1n) is 12.9. The van der Waals surface area contributed by atoms with Crippen molar-refractivity contribution < 1.29 is 55.1 Å². The summed E-state index contributed by atoms with van der Waals surface area (Å²) in [6, 6.07) is -3.39. The molecule has 0 aromatic carbocycles. The van der Waals surface area contributed by atoms with E-state index in [1.54, 1.807) is 0 Å². The minimum absolute atomic E-state index is 0.0447. The van der Waals surface area contributed by atoms with Gasteiger partial charge in [0.05, 0.1) is 6.04 Å². The average molecular weight is 585 g/mol. The minimum Gasteiger partial charge on any atom is -0.356 e. The van der Waals surface area contributed by atoms with Crippen LogP contribution in [0.25, 0.3) is 0 Å². The van der Waals surface area contributed by atoms with Crippen LogP contribution in [0, 0.1) is 29.1 Å². The third-order valence-electron chi connectivity index (χ3n) is 8.61. The van der Waals surface area contributed by atoms with E-state index in [9.17, 15) is 50.3 Å². The number of nitrogens with zero attached hydrogens (tertiary/aromatic N) is 1. The zero-order valence-electron chi connectivity index (χ0n) is 21.7. The Kier molecular flexibility index (Phi) is 7.88. The molecule has 2 aliphatic carbocycles. The van der Waals surface area contributed by atoms with Crippen molar-refractivity contribution >= 4 is 29.4 Å². The number of carbonyl (C=O) groups excluding carboxylic acids is 5. The van der Waals surface area contributed by atoms with Crippen molar-refractivity contribution in [3.63, 3.8) is 0 Å². The van der Waals surface area contributed by atoms with Crippen molar-refractivity contribution in [3.8, 4) is 0 Å². The van der Waals surface area contributed by atoms with Gasteiger partial charge in [0.25, 0.3) is 0 Å². The van der Waals surface area contributed by atoms with Gasteiger partial charge in [-0.2, -0.15) is 13.2 Å². The van der Waals surface area contributed by atoms with Gasteiger partial charge in [0.1, 0.15) is 12.6 Å². The molecule has 224 valence electrons. The van der Waals surface area contributed by atoms with Crippen LogP contribution in [0.1, 0.15) is 39.5 Å². The van der Waals surface area contributed by atoms with Gasteiger partial charge in [0.2, 0.25) is 17.7 Å². The van der Waals surface area contributed by atoms with Crippen LogP contribution in [-0.2, 0) is 28.7 Å². The molecule has 0 aromatic heterocycles. The van der Waals surface area contributed by atoms with Gasteiger partial charge in [-0.3, -0.25) is 28.7 Å². The van der Waals surface area contributed by atoms with Crippen LogP contribution >= 0.6 is 0 Å². The SMILES string of the molecule is CC1(C)[C@@H]2[C@@H](C(=O)NC(C[C@@H]3CCNC3=O)C(=O)COC(F)(F)F)N(C(=O)C3CC(NC(=O)C(F)(F)F)C3)C[C@@H]21. The van der Waals surface area contributed by atoms with Crippen molar-refractivity contribution in [2.24, 2.45) is 29.1 Å². The maximum Gasteiger partial charge on any atom is 0.522 e. The van der Waals surface area contributed by atoms with Gasteiger partial charge in [-0.15, -0.1) is 13.2 Å². The number of ether oxygens (including phenoxy) is 1. The lowest BCUT2D eigenvalue weighted by Crippen LogP contribution is -2.58. The predicted molar refractivity (Wildman–Crippen MR) is 122 cm³/mol. The van der Waals surface area contributed by atoms with Crippen molar-refractivity contribution in [3.05, 3.63) is 0 Å². The van der Waals surface area contributed by atoms with E-state index >= 15 is 0 Å². The van der Waals surface area contributed by atoms with Gasteiger partial charge in [-0.05, 0) is 42.9 Å². The van der Waals surface area contributed by atoms with Gasteiger partial charge in [0, 0.05) is 31.0 Å². The van der Waals surface area contributed by atoms with E-state index in [-0.39, 0.29) is 43.1 Å². The fourth-order valence-electron chi connectivity index (χ4n) is 6.19. The topological polar surface area (TPSA) is 134 Å². The van der Waals surface area contributed by atoms with Gasteiger partial charge in [-0.25, -0.2) is 0 Å². The summed E-state index contributed by atoms with van der Waals surface area (Å²) in [5, 5.41) is 6.83. The average Bonchev–Trinajstić information content (AvgIpc) is 3.16. The number of hydrogen-bond acceptors (Lipinski definition) is 6. The molecule has 4 rings (SSSR count). The molecule has 2 heterocycles. The standard InChI is InChI=1S/C24H30F6N4O6/c1-22(2)13-8-34(20(38)11-5-12(6-11)32-21(39)23(25,26)27)17(16(13)22)19(37)33-14(7-10-3-4-31-18(10)36)15(35)9-40-24(28,29)30/h10-14,16-17H,3-9H2,1-2H3,(H,31,36)(H,32,39)(H,33,37)/t10-,11?,12?,13-,14?,16-,17-/m0/s1. The first-order valence-corrected chi connectivity index (χ1v) is 12.9. The monoisotopic (exact) mass is 584 g/mol. The summed E-state index contributed by atoms with van der Waals surface area (Å²) in [7, 11) is 0. The first-order chi connectivity index (χ1) is 18.4. The Hall–Kier alpha value is -2.91. The Morgan fingerprint density at radius 1 is 1.12 bits per heavy atom. The van der Waals surface area contributed by atoms with Crippen LogP contribution in [-0.4, -0.2) is 84.7 Å². The Morgan fingerprint density at radius 2 is 1.77 bits per heavy atom. The lowest BCUT2D eigenvalue weighted by Gasteiger charge is -2.40. The van der Waals surface area contributed by atoms with E-state index in [0.717, 1.165) is 0 Å². The Morgan fingerprint density at radius 3 is 2.33 bits per heavy atom. The maximum absolute atomic E-state index is 13.5. The second-order valence-corrected chi connectivity index (χ2v) is 11.5. The zero-order valence-corrected chi connectivity index (χ0v) is 21.7. The second kappa shape index (κ2) is 10.5. The predicted octanol–water partition coefficient (Wildman–Crippen LogP) is 1.04. The summed E-state index contributed by atoms with van der Waals surface area (Å²) < 4.78 is 78.8. The number of Topliss-reactive ketones (excluding diaryl/α,β-unsaturated/α-hetero) is 1. The van der Waals surface area contributed by atoms with Crippen molar-refractivity contribution in [1.29, 1.82) is 0 Å². The highest BCUT2D eigenvalue weighted by Gasteiger charge is 2.69. The molecule has 2 saturated heterocycles. The van der Waals surface area contributed by atoms with Crippen LogP contribution in [0.2, 0.25) is 0 Å². The molecular weight excluding hydrogens is 554 g/mol. The van der Waals surface area contributed by atoms with E-state index in [1.807, 2.05) is 19.2 Å². The second-order valence-electron chi connectivity index (χ2n) is 11.5. The maximum atomic E-state index is 13.5. The molecule has 4 aliphatic rings. The summed E-state index contributed by atoms with van der Waals surface area (Å²) in [6.45, 7) is 2.90. The van der Waals surface area contributed by atoms with Crippen LogP contribution in [0.5, 0.6) is 0 Å². The normalized spacial score (nSPS) is 31.5. The Labute approximate surface area is 224 Å². The number of ketones is 1. The summed E-state index contributed by atoms with van der Waals surface area (Å²) in [4.78, 5) is 63.9. The number of alkyl halides is 6. The highest BCUT2D eigenvalue weighted by Crippen LogP contribution is 2.65. The number of likely N-dealkylation sites (tertiary alicyclic amines) is 1. The Balaban J connectivity index is 1.44. The number of fused-ring (bicyclic) bond motifs is 1. The lowest BCUT2D eigenvalue weighted by molar-refractivity contribution is -0.321. The fourth-order valence-corrected chi connectivity index (χ4v) is 6.19. The van der Waals surface area contributed by atoms with Gasteiger partial charge in [0.15, 0.2) is 5.78 Å². The Bertz CT molecular complexity index is 1070. The summed E-state index contributed by atoms with van der Waals surface area (Å²) in [5.74, 6) is -6.68. The van der Waals surface area contributed by atoms with Crippen LogP contribution in [0.3, 0.4) is 0 Å². The number of rotatable bonds is 9. The van der Waals surface area contributed by atoms with Crippen LogP contribution in [0.15, 0.2) is 0 Å². The lowest BCUT2D eigenvalue weighted by atomic mass is 9.78. The molecule has 0 aromatic rings. The molecule has 0 spiro atoms. The van der Waals surface area contributed by atoms with E-state index in [1.165, 1.54) is 4.90 Å². The van der Waals surface area contributed by atoms with Crippen molar-refractivity contribution in [1.82, 2.24) is 20.9 Å². The molecule has 3 N–H and O–H groups in total. The summed E-state index contributed by atoms with van der Waals surface area (Å²) in [5.41, 5.74) is -0.341. The summed E-state index contributed by atoms with van der Waals surface area (Å²) in [6.07, 6.45) is -10.2. The van der Waals surface area contributed by atoms with E-state index < -0.39 is 78.5 Å². The van der Waals surface area contributed by atoms with Crippen molar-refractivity contribution in [2.45, 2.75) is 70.2 Å². The van der Waals surface area contributed by atoms with Crippen molar-refractivity contribution in [2.75, 3.05) is 19.7 Å². The van der Waals surface area contributed by atoms with Gasteiger partial charge >= 0.3 is 18.4 Å². The third kappa shape index (κ3) is 6.20. The quantitative estimate of drug-likeness (QED) is 0.347. The van der Waals surface area contributed by atoms with Gasteiger partial charge in [-0.1, -0.05) is 13.8 Å². The van der Waals surface area contributed by atoms with E-state index in [0.29, 0.717) is 13.0 Å². The number of piperidine rings is 1. The largest absolute Gasteiger partial charge is 0.522 e. The third-order valence-corrected chi connectivity index (χ3v) is 8.61. The van der Waals surface area contributed by atoms with Crippen LogP contribution < -0.4 is 16.0 Å². The highest BCUT2D eigenvalue weighted by atomic mass is 19.4. The molecule has 2 aliphatic heterocycles. The molecule has 0 radical (unpaired) electrons. The summed E-state index contributed by atoms with van der Waals surface area (Å²) >= 11 is 0. The first kappa shape index (κ1) is 30.1. The number of amides is 4. The molecular formula is C24H30F6N4O6. The molecule has 16 heteroatoms. The molecule has 40 heavy (non-hydrogen) atoms. The highest BCUT2D eigenvalue weighted by molar-refractivity contribution is 5.95. The number of hydrogen-bond donors (Lipinski definition) is 3. The number of halogens is 6. The molecule has 5 atom stereocenters. The minimum atomic E-state index is -5.09. The zero-order chi connectivity index (χ0) is 29.8. The number of nitrogens with one attached hydrogen (secondary N) is 3. The molecule has 4 amide bonds. The molecule has 4 fully saturated rings. The van der Waals surface area contributed by atoms with E-state index in [2.05, 4.69) is 15.4 Å². The van der Waals surface area contributed by atoms with E-state index in [4.69, 9.17) is 0 Å². The number of carbonyl (C=O) groups is 5. The molecule has 2 saturated carbocycles. The molecule has 0 bridgehead atoms. The van der Waals surface area contributed by atoms with Gasteiger partial charge < -0.3 is 20.9 Å². The smallest absolute Gasteiger partial charge is 0.356 e. The molecule has 1 unspecified atom stereocenters. The fraction of sp³-hybridized carbons (Fsp3) is 0.792.